The van der Waals surface area contributed by atoms with Crippen LogP contribution >= 0.6 is 11.6 Å². The third-order valence-corrected chi connectivity index (χ3v) is 7.32. The lowest BCUT2D eigenvalue weighted by molar-refractivity contribution is 0.102. The Labute approximate surface area is 194 Å². The Hall–Kier alpha value is -3.02. The number of amides is 1. The van der Waals surface area contributed by atoms with Gasteiger partial charge in [-0.1, -0.05) is 11.6 Å². The molecule has 4 rings (SSSR count). The minimum Gasteiger partial charge on any atom is -0.369 e. The molecule has 1 aromatic heterocycles. The molecule has 8 nitrogen and oxygen atoms in total. The van der Waals surface area contributed by atoms with Crippen LogP contribution in [0, 0.1) is 11.6 Å². The summed E-state index contributed by atoms with van der Waals surface area (Å²) < 4.78 is 55.7. The Kier molecular flexibility index (Phi) is 6.37. The molecule has 1 fully saturated rings. The highest BCUT2D eigenvalue weighted by Crippen LogP contribution is 2.24. The van der Waals surface area contributed by atoms with E-state index in [0.29, 0.717) is 18.1 Å². The van der Waals surface area contributed by atoms with Gasteiger partial charge in [0.1, 0.15) is 0 Å². The molecule has 1 aliphatic rings. The molecule has 0 spiro atoms. The number of carbonyl (C=O) groups is 1. The van der Waals surface area contributed by atoms with E-state index >= 15 is 0 Å². The highest BCUT2D eigenvalue weighted by molar-refractivity contribution is 7.89. The summed E-state index contributed by atoms with van der Waals surface area (Å²) in [6.45, 7) is 1.30. The van der Waals surface area contributed by atoms with E-state index in [4.69, 9.17) is 11.6 Å². The Bertz CT molecular complexity index is 1290. The first-order valence-electron chi connectivity index (χ1n) is 9.96. The summed E-state index contributed by atoms with van der Waals surface area (Å²) in [5.41, 5.74) is 0.728. The molecule has 1 saturated heterocycles. The fourth-order valence-electron chi connectivity index (χ4n) is 3.55. The van der Waals surface area contributed by atoms with E-state index in [9.17, 15) is 22.0 Å². The number of sulfonamides is 1. The van der Waals surface area contributed by atoms with Crippen LogP contribution < -0.4 is 10.2 Å². The first-order valence-corrected chi connectivity index (χ1v) is 11.8. The predicted octanol–water partition coefficient (Wildman–Crippen LogP) is 3.11. The summed E-state index contributed by atoms with van der Waals surface area (Å²) in [4.78, 5) is 14.8. The number of aryl methyl sites for hydroxylation is 1. The largest absolute Gasteiger partial charge is 0.369 e. The van der Waals surface area contributed by atoms with E-state index < -0.39 is 32.6 Å². The van der Waals surface area contributed by atoms with Crippen molar-refractivity contribution in [3.05, 3.63) is 70.9 Å². The minimum absolute atomic E-state index is 0.0114. The molecule has 0 saturated carbocycles. The van der Waals surface area contributed by atoms with Crippen molar-refractivity contribution in [1.29, 1.82) is 0 Å². The van der Waals surface area contributed by atoms with E-state index in [0.717, 1.165) is 17.8 Å². The average molecular weight is 496 g/mol. The van der Waals surface area contributed by atoms with Crippen LogP contribution in [0.4, 0.5) is 20.2 Å². The summed E-state index contributed by atoms with van der Waals surface area (Å²) in [7, 11) is -2.59. The van der Waals surface area contributed by atoms with Gasteiger partial charge in [-0.05, 0) is 36.4 Å². The van der Waals surface area contributed by atoms with Crippen molar-refractivity contribution >= 4 is 38.9 Å². The van der Waals surface area contributed by atoms with Crippen LogP contribution in [0.25, 0.3) is 0 Å². The highest BCUT2D eigenvalue weighted by Gasteiger charge is 2.34. The first-order chi connectivity index (χ1) is 15.6. The molecule has 2 heterocycles. The lowest BCUT2D eigenvalue weighted by atomic mass is 10.2. The molecule has 1 amide bonds. The second kappa shape index (κ2) is 9.08. The molecule has 3 aromatic rings. The maximum atomic E-state index is 13.5. The molecule has 33 heavy (non-hydrogen) atoms. The van der Waals surface area contributed by atoms with Crippen LogP contribution in [-0.2, 0) is 17.1 Å². The number of carbonyl (C=O) groups excluding carboxylic acids is 1. The molecule has 0 bridgehead atoms. The number of anilines is 2. The van der Waals surface area contributed by atoms with Gasteiger partial charge in [-0.25, -0.2) is 17.2 Å². The molecule has 1 aliphatic heterocycles. The van der Waals surface area contributed by atoms with Crippen LogP contribution in [-0.4, -0.2) is 54.6 Å². The van der Waals surface area contributed by atoms with Crippen LogP contribution in [0.1, 0.15) is 10.4 Å². The molecule has 174 valence electrons. The van der Waals surface area contributed by atoms with Gasteiger partial charge < -0.3 is 10.2 Å². The van der Waals surface area contributed by atoms with Crippen molar-refractivity contribution in [2.75, 3.05) is 36.4 Å². The van der Waals surface area contributed by atoms with Crippen LogP contribution in [0.2, 0.25) is 5.02 Å². The standard InChI is InChI=1S/C21H20ClF2N5O3S/c1-27-13-17(20(30)25-15-4-7-18(23)19(24)12-15)21(26-27)33(31,32)29-10-8-28(9-11-29)16-5-2-14(22)3-6-16/h2-7,12-13H,8-11H2,1H3,(H,25,30). The van der Waals surface area contributed by atoms with Crippen LogP contribution in [0.5, 0.6) is 0 Å². The summed E-state index contributed by atoms with van der Waals surface area (Å²) >= 11 is 5.93. The zero-order valence-electron chi connectivity index (χ0n) is 17.5. The second-order valence-corrected chi connectivity index (χ2v) is 9.76. The zero-order valence-corrected chi connectivity index (χ0v) is 19.1. The SMILES string of the molecule is Cn1cc(C(=O)Nc2ccc(F)c(F)c2)c(S(=O)(=O)N2CCN(c3ccc(Cl)cc3)CC2)n1. The lowest BCUT2D eigenvalue weighted by Gasteiger charge is -2.35. The van der Waals surface area contributed by atoms with Gasteiger partial charge >= 0.3 is 0 Å². The number of hydrogen-bond donors (Lipinski definition) is 1. The number of nitrogens with one attached hydrogen (secondary N) is 1. The van der Waals surface area contributed by atoms with Crippen molar-refractivity contribution in [3.63, 3.8) is 0 Å². The Balaban J connectivity index is 1.52. The first kappa shape index (κ1) is 23.1. The van der Waals surface area contributed by atoms with Crippen molar-refractivity contribution in [2.45, 2.75) is 5.03 Å². The van der Waals surface area contributed by atoms with Crippen molar-refractivity contribution in [2.24, 2.45) is 7.05 Å². The monoisotopic (exact) mass is 495 g/mol. The van der Waals surface area contributed by atoms with E-state index in [1.54, 1.807) is 12.1 Å². The number of nitrogens with zero attached hydrogens (tertiary/aromatic N) is 4. The number of benzene rings is 2. The lowest BCUT2D eigenvalue weighted by Crippen LogP contribution is -2.49. The van der Waals surface area contributed by atoms with E-state index in [1.807, 2.05) is 17.0 Å². The number of hydrogen-bond acceptors (Lipinski definition) is 5. The quantitative estimate of drug-likeness (QED) is 0.587. The Morgan fingerprint density at radius 3 is 2.33 bits per heavy atom. The normalized spacial score (nSPS) is 15.0. The highest BCUT2D eigenvalue weighted by atomic mass is 35.5. The number of aromatic nitrogens is 2. The summed E-state index contributed by atoms with van der Waals surface area (Å²) in [5, 5.41) is 6.61. The summed E-state index contributed by atoms with van der Waals surface area (Å²) in [6.07, 6.45) is 1.27. The Morgan fingerprint density at radius 1 is 1.03 bits per heavy atom. The molecule has 12 heteroatoms. The maximum Gasteiger partial charge on any atom is 0.263 e. The number of rotatable bonds is 5. The van der Waals surface area contributed by atoms with E-state index in [2.05, 4.69) is 10.4 Å². The zero-order chi connectivity index (χ0) is 23.8. The minimum atomic E-state index is -4.08. The summed E-state index contributed by atoms with van der Waals surface area (Å²) in [5.74, 6) is -2.99. The Morgan fingerprint density at radius 2 is 1.70 bits per heavy atom. The van der Waals surface area contributed by atoms with Gasteiger partial charge in [-0.3, -0.25) is 9.48 Å². The topological polar surface area (TPSA) is 87.5 Å². The number of halogens is 3. The molecule has 1 N–H and O–H groups in total. The smallest absolute Gasteiger partial charge is 0.263 e. The van der Waals surface area contributed by atoms with Gasteiger partial charge in [0.15, 0.2) is 11.6 Å². The molecular formula is C21H20ClF2N5O3S. The van der Waals surface area contributed by atoms with Gasteiger partial charge in [-0.2, -0.15) is 9.40 Å². The van der Waals surface area contributed by atoms with E-state index in [-0.39, 0.29) is 24.3 Å². The van der Waals surface area contributed by atoms with Gasteiger partial charge in [-0.15, -0.1) is 0 Å². The van der Waals surface area contributed by atoms with Crippen LogP contribution in [0.3, 0.4) is 0 Å². The van der Waals surface area contributed by atoms with Crippen molar-refractivity contribution in [3.8, 4) is 0 Å². The number of piperazine rings is 1. The predicted molar refractivity (Wildman–Crippen MR) is 120 cm³/mol. The summed E-state index contributed by atoms with van der Waals surface area (Å²) in [6, 6.07) is 10.1. The molecule has 0 radical (unpaired) electrons. The molecular weight excluding hydrogens is 476 g/mol. The molecule has 0 atom stereocenters. The second-order valence-electron chi connectivity index (χ2n) is 7.47. The van der Waals surface area contributed by atoms with Gasteiger partial charge in [0, 0.05) is 61.9 Å². The third kappa shape index (κ3) is 4.85. The van der Waals surface area contributed by atoms with Crippen LogP contribution in [0.15, 0.2) is 53.7 Å². The van der Waals surface area contributed by atoms with Crippen molar-refractivity contribution in [1.82, 2.24) is 14.1 Å². The third-order valence-electron chi connectivity index (χ3n) is 5.23. The average Bonchev–Trinajstić information content (AvgIpc) is 3.20. The fourth-order valence-corrected chi connectivity index (χ4v) is 5.22. The molecule has 0 unspecified atom stereocenters. The van der Waals surface area contributed by atoms with Gasteiger partial charge in [0.05, 0.1) is 5.56 Å². The van der Waals surface area contributed by atoms with Gasteiger partial charge in [0.2, 0.25) is 5.03 Å². The van der Waals surface area contributed by atoms with Gasteiger partial charge in [0.25, 0.3) is 15.9 Å². The molecule has 0 aliphatic carbocycles. The van der Waals surface area contributed by atoms with E-state index in [1.165, 1.54) is 28.3 Å². The fraction of sp³-hybridized carbons (Fsp3) is 0.238. The molecule has 2 aromatic carbocycles. The maximum absolute atomic E-state index is 13.5. The van der Waals surface area contributed by atoms with Crippen molar-refractivity contribution < 1.29 is 22.0 Å².